The Balaban J connectivity index is 1.77. The molecule has 1 aromatic carbocycles. The Morgan fingerprint density at radius 2 is 2.00 bits per heavy atom. The minimum Gasteiger partial charge on any atom is -0.383 e. The van der Waals surface area contributed by atoms with Crippen LogP contribution in [0.1, 0.15) is 36.3 Å². The van der Waals surface area contributed by atoms with Crippen molar-refractivity contribution in [2.75, 3.05) is 20.3 Å². The molecule has 2 nitrogen and oxygen atoms in total. The van der Waals surface area contributed by atoms with Gasteiger partial charge in [-0.2, -0.15) is 0 Å². The highest BCUT2D eigenvalue weighted by atomic mass is 16.5. The molecule has 2 heteroatoms. The Morgan fingerprint density at radius 3 is 2.56 bits per heavy atom. The first-order valence-electron chi connectivity index (χ1n) is 6.18. The van der Waals surface area contributed by atoms with Crippen molar-refractivity contribution in [3.8, 4) is 0 Å². The topological polar surface area (TPSA) is 21.3 Å². The maximum atomic E-state index is 4.99. The van der Waals surface area contributed by atoms with Gasteiger partial charge in [-0.25, -0.2) is 0 Å². The van der Waals surface area contributed by atoms with Crippen LogP contribution in [-0.4, -0.2) is 20.3 Å². The van der Waals surface area contributed by atoms with Gasteiger partial charge in [-0.05, 0) is 29.9 Å². The summed E-state index contributed by atoms with van der Waals surface area (Å²) >= 11 is 0. The molecule has 0 amide bonds. The number of ether oxygens (including phenoxy) is 1. The van der Waals surface area contributed by atoms with Gasteiger partial charge < -0.3 is 10.1 Å². The molecular formula is C14H21NO. The van der Waals surface area contributed by atoms with E-state index in [0.717, 1.165) is 25.6 Å². The molecular weight excluding hydrogens is 198 g/mol. The van der Waals surface area contributed by atoms with Gasteiger partial charge in [0.15, 0.2) is 0 Å². The predicted molar refractivity (Wildman–Crippen MR) is 66.6 cm³/mol. The third kappa shape index (κ3) is 3.06. The van der Waals surface area contributed by atoms with E-state index in [1.807, 2.05) is 0 Å². The largest absolute Gasteiger partial charge is 0.383 e. The van der Waals surface area contributed by atoms with Crippen LogP contribution in [0.2, 0.25) is 0 Å². The molecule has 1 saturated carbocycles. The molecule has 0 spiro atoms. The molecule has 0 aliphatic heterocycles. The van der Waals surface area contributed by atoms with Crippen LogP contribution in [-0.2, 0) is 11.3 Å². The number of hydrogen-bond donors (Lipinski definition) is 1. The quantitative estimate of drug-likeness (QED) is 0.743. The van der Waals surface area contributed by atoms with E-state index in [0.29, 0.717) is 0 Å². The lowest BCUT2D eigenvalue weighted by atomic mass is 9.80. The van der Waals surface area contributed by atoms with E-state index in [1.54, 1.807) is 7.11 Å². The zero-order chi connectivity index (χ0) is 11.2. The Bertz CT molecular complexity index is 303. The SMILES string of the molecule is COCCNCc1ccc(C2CCC2)cc1. The Morgan fingerprint density at radius 1 is 1.25 bits per heavy atom. The maximum Gasteiger partial charge on any atom is 0.0587 e. The number of hydrogen-bond acceptors (Lipinski definition) is 2. The minimum atomic E-state index is 0.778. The lowest BCUT2D eigenvalue weighted by Crippen LogP contribution is -2.18. The summed E-state index contributed by atoms with van der Waals surface area (Å²) in [7, 11) is 1.73. The van der Waals surface area contributed by atoms with Crippen molar-refractivity contribution >= 4 is 0 Å². The minimum absolute atomic E-state index is 0.778. The van der Waals surface area contributed by atoms with Gasteiger partial charge in [0.05, 0.1) is 6.61 Å². The van der Waals surface area contributed by atoms with Gasteiger partial charge >= 0.3 is 0 Å². The van der Waals surface area contributed by atoms with Gasteiger partial charge in [-0.3, -0.25) is 0 Å². The summed E-state index contributed by atoms with van der Waals surface area (Å²) in [5.41, 5.74) is 2.88. The van der Waals surface area contributed by atoms with Crippen LogP contribution >= 0.6 is 0 Å². The van der Waals surface area contributed by atoms with E-state index in [-0.39, 0.29) is 0 Å². The van der Waals surface area contributed by atoms with E-state index in [2.05, 4.69) is 29.6 Å². The Kier molecular flexibility index (Phi) is 4.37. The first kappa shape index (κ1) is 11.6. The van der Waals surface area contributed by atoms with Gasteiger partial charge in [0.2, 0.25) is 0 Å². The van der Waals surface area contributed by atoms with Crippen molar-refractivity contribution in [2.24, 2.45) is 0 Å². The second kappa shape index (κ2) is 6.02. The second-order valence-electron chi connectivity index (χ2n) is 4.54. The summed E-state index contributed by atoms with van der Waals surface area (Å²) in [6.45, 7) is 2.63. The molecule has 1 aliphatic rings. The molecule has 0 heterocycles. The molecule has 16 heavy (non-hydrogen) atoms. The molecule has 0 atom stereocenters. The van der Waals surface area contributed by atoms with Gasteiger partial charge in [0.25, 0.3) is 0 Å². The van der Waals surface area contributed by atoms with Crippen molar-refractivity contribution in [1.82, 2.24) is 5.32 Å². The highest BCUT2D eigenvalue weighted by Gasteiger charge is 2.18. The van der Waals surface area contributed by atoms with E-state index >= 15 is 0 Å². The van der Waals surface area contributed by atoms with Gasteiger partial charge in [-0.1, -0.05) is 30.7 Å². The van der Waals surface area contributed by atoms with Crippen LogP contribution in [0.3, 0.4) is 0 Å². The molecule has 0 bridgehead atoms. The average molecular weight is 219 g/mol. The molecule has 1 aliphatic carbocycles. The van der Waals surface area contributed by atoms with E-state index < -0.39 is 0 Å². The summed E-state index contributed by atoms with van der Waals surface area (Å²) in [5.74, 6) is 0.843. The molecule has 88 valence electrons. The van der Waals surface area contributed by atoms with Crippen molar-refractivity contribution in [2.45, 2.75) is 31.7 Å². The summed E-state index contributed by atoms with van der Waals surface area (Å²) in [6, 6.07) is 9.06. The van der Waals surface area contributed by atoms with Gasteiger partial charge in [0.1, 0.15) is 0 Å². The second-order valence-corrected chi connectivity index (χ2v) is 4.54. The Labute approximate surface area is 98.0 Å². The first-order chi connectivity index (χ1) is 7.90. The molecule has 0 saturated heterocycles. The van der Waals surface area contributed by atoms with Crippen molar-refractivity contribution in [3.63, 3.8) is 0 Å². The fraction of sp³-hybridized carbons (Fsp3) is 0.571. The highest BCUT2D eigenvalue weighted by Crippen LogP contribution is 2.36. The lowest BCUT2D eigenvalue weighted by Gasteiger charge is -2.25. The summed E-state index contributed by atoms with van der Waals surface area (Å²) in [4.78, 5) is 0. The van der Waals surface area contributed by atoms with Crippen LogP contribution < -0.4 is 5.32 Å². The normalized spacial score (nSPS) is 16.1. The maximum absolute atomic E-state index is 4.99. The van der Waals surface area contributed by atoms with Crippen LogP contribution in [0.5, 0.6) is 0 Å². The van der Waals surface area contributed by atoms with Crippen molar-refractivity contribution < 1.29 is 4.74 Å². The van der Waals surface area contributed by atoms with Gasteiger partial charge in [-0.15, -0.1) is 0 Å². The molecule has 1 fully saturated rings. The number of benzene rings is 1. The van der Waals surface area contributed by atoms with Crippen LogP contribution in [0.15, 0.2) is 24.3 Å². The monoisotopic (exact) mass is 219 g/mol. The molecule has 0 unspecified atom stereocenters. The smallest absolute Gasteiger partial charge is 0.0587 e. The highest BCUT2D eigenvalue weighted by molar-refractivity contribution is 5.26. The molecule has 1 aromatic rings. The average Bonchev–Trinajstić information content (AvgIpc) is 2.24. The Hall–Kier alpha value is -0.860. The van der Waals surface area contributed by atoms with Crippen LogP contribution in [0, 0.1) is 0 Å². The number of nitrogens with one attached hydrogen (secondary N) is 1. The summed E-state index contributed by atoms with van der Waals surface area (Å²) in [5, 5.41) is 3.35. The summed E-state index contributed by atoms with van der Waals surface area (Å²) in [6.07, 6.45) is 4.17. The molecule has 0 radical (unpaired) electrons. The third-order valence-electron chi connectivity index (χ3n) is 3.37. The first-order valence-corrected chi connectivity index (χ1v) is 6.18. The zero-order valence-corrected chi connectivity index (χ0v) is 10.0. The number of methoxy groups -OCH3 is 1. The van der Waals surface area contributed by atoms with Gasteiger partial charge in [0, 0.05) is 20.2 Å². The third-order valence-corrected chi connectivity index (χ3v) is 3.37. The van der Waals surface area contributed by atoms with Crippen LogP contribution in [0.4, 0.5) is 0 Å². The van der Waals surface area contributed by atoms with Crippen molar-refractivity contribution in [3.05, 3.63) is 35.4 Å². The van der Waals surface area contributed by atoms with E-state index in [9.17, 15) is 0 Å². The fourth-order valence-electron chi connectivity index (χ4n) is 2.06. The molecule has 0 aromatic heterocycles. The van der Waals surface area contributed by atoms with E-state index in [1.165, 1.54) is 30.4 Å². The molecule has 2 rings (SSSR count). The summed E-state index contributed by atoms with van der Waals surface area (Å²) < 4.78 is 4.99. The van der Waals surface area contributed by atoms with Crippen LogP contribution in [0.25, 0.3) is 0 Å². The predicted octanol–water partition coefficient (Wildman–Crippen LogP) is 2.69. The van der Waals surface area contributed by atoms with E-state index in [4.69, 9.17) is 4.74 Å². The molecule has 1 N–H and O–H groups in total. The number of rotatable bonds is 6. The van der Waals surface area contributed by atoms with Crippen molar-refractivity contribution in [1.29, 1.82) is 0 Å². The lowest BCUT2D eigenvalue weighted by molar-refractivity contribution is 0.199. The standard InChI is InChI=1S/C14H21NO/c1-16-10-9-15-11-12-5-7-14(8-6-12)13-3-2-4-13/h5-8,13,15H,2-4,9-11H2,1H3. The zero-order valence-electron chi connectivity index (χ0n) is 10.0. The fourth-order valence-corrected chi connectivity index (χ4v) is 2.06.